The van der Waals surface area contributed by atoms with Gasteiger partial charge in [0, 0.05) is 31.7 Å². The molecular weight excluding hydrogens is 283 g/mol. The average molecular weight is 301 g/mol. The first-order valence-electron chi connectivity index (χ1n) is 7.10. The van der Waals surface area contributed by atoms with Crippen LogP contribution in [0.4, 0.5) is 19.0 Å². The molecule has 2 unspecified atom stereocenters. The number of pyridine rings is 1. The lowest BCUT2D eigenvalue weighted by molar-refractivity contribution is -0.137. The fraction of sp³-hybridized carbons (Fsp3) is 0.643. The van der Waals surface area contributed by atoms with Gasteiger partial charge in [0.25, 0.3) is 0 Å². The minimum absolute atomic E-state index is 0.0244. The molecule has 3 rings (SSSR count). The summed E-state index contributed by atoms with van der Waals surface area (Å²) in [6.07, 6.45) is -1.91. The number of nitrogens with zero attached hydrogens (tertiary/aromatic N) is 2. The Labute approximate surface area is 121 Å². The highest BCUT2D eigenvalue weighted by molar-refractivity contribution is 5.43. The van der Waals surface area contributed by atoms with Crippen LogP contribution in [0.3, 0.4) is 0 Å². The van der Waals surface area contributed by atoms with E-state index in [1.54, 1.807) is 0 Å². The second-order valence-corrected chi connectivity index (χ2v) is 5.85. The summed E-state index contributed by atoms with van der Waals surface area (Å²) < 4.78 is 38.3. The molecule has 3 heterocycles. The van der Waals surface area contributed by atoms with Gasteiger partial charge in [-0.2, -0.15) is 13.2 Å². The summed E-state index contributed by atoms with van der Waals surface area (Å²) in [5, 5.41) is 13.8. The summed E-state index contributed by atoms with van der Waals surface area (Å²) in [5.41, 5.74) is -1.38. The third kappa shape index (κ3) is 2.85. The Morgan fingerprint density at radius 1 is 1.38 bits per heavy atom. The molecule has 0 saturated carbocycles. The standard InChI is InChI=1S/C14H18F3N3O/c15-14(16,17)10-1-4-19-12(7-10)20-6-3-13(21)2-5-18-8-11(13)9-20/h1,4,7,11,18,21H,2-3,5-6,8-9H2. The first kappa shape index (κ1) is 14.6. The number of rotatable bonds is 1. The fourth-order valence-electron chi connectivity index (χ4n) is 3.20. The highest BCUT2D eigenvalue weighted by atomic mass is 19.4. The quantitative estimate of drug-likeness (QED) is 0.828. The predicted molar refractivity (Wildman–Crippen MR) is 72.0 cm³/mol. The molecule has 21 heavy (non-hydrogen) atoms. The van der Waals surface area contributed by atoms with Gasteiger partial charge in [0.1, 0.15) is 5.82 Å². The first-order chi connectivity index (χ1) is 9.88. The Morgan fingerprint density at radius 3 is 2.95 bits per heavy atom. The van der Waals surface area contributed by atoms with E-state index in [9.17, 15) is 18.3 Å². The SMILES string of the molecule is OC12CCNCC1CN(c1cc(C(F)(F)F)ccn1)CC2. The molecule has 4 nitrogen and oxygen atoms in total. The van der Waals surface area contributed by atoms with E-state index in [2.05, 4.69) is 10.3 Å². The van der Waals surface area contributed by atoms with Crippen molar-refractivity contribution in [3.05, 3.63) is 23.9 Å². The normalized spacial score (nSPS) is 30.1. The average Bonchev–Trinajstić information content (AvgIpc) is 2.45. The maximum absolute atomic E-state index is 12.8. The molecule has 1 aromatic heterocycles. The van der Waals surface area contributed by atoms with Crippen molar-refractivity contribution in [3.8, 4) is 0 Å². The van der Waals surface area contributed by atoms with Crippen LogP contribution in [0.5, 0.6) is 0 Å². The van der Waals surface area contributed by atoms with E-state index < -0.39 is 17.3 Å². The Hall–Kier alpha value is -1.34. The number of anilines is 1. The third-order valence-corrected chi connectivity index (χ3v) is 4.54. The van der Waals surface area contributed by atoms with E-state index >= 15 is 0 Å². The Morgan fingerprint density at radius 2 is 2.19 bits per heavy atom. The molecule has 7 heteroatoms. The van der Waals surface area contributed by atoms with Crippen molar-refractivity contribution in [3.63, 3.8) is 0 Å². The number of fused-ring (bicyclic) bond motifs is 1. The lowest BCUT2D eigenvalue weighted by atomic mass is 9.76. The molecular formula is C14H18F3N3O. The molecule has 2 aliphatic heterocycles. The highest BCUT2D eigenvalue weighted by Gasteiger charge is 2.43. The summed E-state index contributed by atoms with van der Waals surface area (Å²) >= 11 is 0. The molecule has 0 spiro atoms. The maximum Gasteiger partial charge on any atom is 0.416 e. The zero-order chi connectivity index (χ0) is 15.1. The number of halogens is 3. The predicted octanol–water partition coefficient (Wildman–Crippen LogP) is 1.65. The van der Waals surface area contributed by atoms with Crippen molar-refractivity contribution in [2.24, 2.45) is 5.92 Å². The lowest BCUT2D eigenvalue weighted by Crippen LogP contribution is -2.59. The topological polar surface area (TPSA) is 48.4 Å². The molecule has 2 N–H and O–H groups in total. The molecule has 2 saturated heterocycles. The Kier molecular flexibility index (Phi) is 3.57. The van der Waals surface area contributed by atoms with Crippen molar-refractivity contribution in [2.75, 3.05) is 31.1 Å². The van der Waals surface area contributed by atoms with E-state index in [0.717, 1.165) is 18.7 Å². The molecule has 1 aromatic rings. The minimum atomic E-state index is -4.36. The molecule has 2 aliphatic rings. The van der Waals surface area contributed by atoms with Gasteiger partial charge in [-0.05, 0) is 31.5 Å². The number of alkyl halides is 3. The molecule has 2 fully saturated rings. The smallest absolute Gasteiger partial charge is 0.389 e. The molecule has 116 valence electrons. The second-order valence-electron chi connectivity index (χ2n) is 5.85. The Balaban J connectivity index is 1.79. The van der Waals surface area contributed by atoms with E-state index in [-0.39, 0.29) is 5.92 Å². The number of piperidine rings is 2. The molecule has 0 amide bonds. The van der Waals surface area contributed by atoms with E-state index in [1.165, 1.54) is 6.20 Å². The van der Waals surface area contributed by atoms with Crippen molar-refractivity contribution in [1.82, 2.24) is 10.3 Å². The minimum Gasteiger partial charge on any atom is -0.389 e. The second kappa shape index (κ2) is 5.14. The number of hydrogen-bond donors (Lipinski definition) is 2. The van der Waals surface area contributed by atoms with Crippen molar-refractivity contribution in [2.45, 2.75) is 24.6 Å². The zero-order valence-corrected chi connectivity index (χ0v) is 11.5. The van der Waals surface area contributed by atoms with E-state index in [1.807, 2.05) is 4.90 Å². The van der Waals surface area contributed by atoms with E-state index in [0.29, 0.717) is 38.3 Å². The van der Waals surface area contributed by atoms with E-state index in [4.69, 9.17) is 0 Å². The van der Waals surface area contributed by atoms with Gasteiger partial charge < -0.3 is 15.3 Å². The van der Waals surface area contributed by atoms with Gasteiger partial charge in [-0.15, -0.1) is 0 Å². The van der Waals surface area contributed by atoms with Gasteiger partial charge >= 0.3 is 6.18 Å². The Bertz CT molecular complexity index is 522. The van der Waals surface area contributed by atoms with Gasteiger partial charge in [0.15, 0.2) is 0 Å². The molecule has 0 radical (unpaired) electrons. The van der Waals surface area contributed by atoms with Crippen molar-refractivity contribution in [1.29, 1.82) is 0 Å². The number of aliphatic hydroxyl groups is 1. The number of aromatic nitrogens is 1. The van der Waals surface area contributed by atoms with Gasteiger partial charge in [-0.1, -0.05) is 0 Å². The lowest BCUT2D eigenvalue weighted by Gasteiger charge is -2.47. The van der Waals surface area contributed by atoms with Gasteiger partial charge in [-0.3, -0.25) is 0 Å². The molecule has 0 aromatic carbocycles. The van der Waals surface area contributed by atoms with Crippen LogP contribution in [0.1, 0.15) is 18.4 Å². The fourth-order valence-corrected chi connectivity index (χ4v) is 3.20. The van der Waals surface area contributed by atoms with Crippen LogP contribution in [0.15, 0.2) is 18.3 Å². The summed E-state index contributed by atoms with van der Waals surface area (Å²) in [6, 6.07) is 2.06. The maximum atomic E-state index is 12.8. The summed E-state index contributed by atoms with van der Waals surface area (Å²) in [6.45, 7) is 2.53. The van der Waals surface area contributed by atoms with Gasteiger partial charge in [0.05, 0.1) is 11.2 Å². The van der Waals surface area contributed by atoms with Crippen molar-refractivity contribution >= 4 is 5.82 Å². The molecule has 2 atom stereocenters. The van der Waals surface area contributed by atoms with Crippen LogP contribution in [-0.4, -0.2) is 41.9 Å². The van der Waals surface area contributed by atoms with Crippen LogP contribution < -0.4 is 10.2 Å². The summed E-state index contributed by atoms with van der Waals surface area (Å²) in [5.74, 6) is 0.355. The van der Waals surface area contributed by atoms with Gasteiger partial charge in [0.2, 0.25) is 0 Å². The van der Waals surface area contributed by atoms with Crippen molar-refractivity contribution < 1.29 is 18.3 Å². The van der Waals surface area contributed by atoms with Crippen LogP contribution in [-0.2, 0) is 6.18 Å². The third-order valence-electron chi connectivity index (χ3n) is 4.54. The highest BCUT2D eigenvalue weighted by Crippen LogP contribution is 2.36. The molecule has 0 bridgehead atoms. The van der Waals surface area contributed by atoms with Crippen LogP contribution in [0.2, 0.25) is 0 Å². The largest absolute Gasteiger partial charge is 0.416 e. The first-order valence-corrected chi connectivity index (χ1v) is 7.10. The summed E-state index contributed by atoms with van der Waals surface area (Å²) in [7, 11) is 0. The van der Waals surface area contributed by atoms with Crippen LogP contribution in [0, 0.1) is 5.92 Å². The summed E-state index contributed by atoms with van der Waals surface area (Å²) in [4.78, 5) is 5.90. The van der Waals surface area contributed by atoms with Crippen LogP contribution in [0.25, 0.3) is 0 Å². The monoisotopic (exact) mass is 301 g/mol. The van der Waals surface area contributed by atoms with Gasteiger partial charge in [-0.25, -0.2) is 4.98 Å². The molecule has 0 aliphatic carbocycles. The zero-order valence-electron chi connectivity index (χ0n) is 11.5. The number of nitrogens with one attached hydrogen (secondary N) is 1. The number of hydrogen-bond acceptors (Lipinski definition) is 4. The van der Waals surface area contributed by atoms with Crippen LogP contribution >= 0.6 is 0 Å².